The van der Waals surface area contributed by atoms with Gasteiger partial charge in [-0.05, 0) is 42.4 Å². The molecule has 0 aromatic heterocycles. The molecule has 0 heterocycles. The summed E-state index contributed by atoms with van der Waals surface area (Å²) < 4.78 is 0. The first kappa shape index (κ1) is 19.2. The van der Waals surface area contributed by atoms with Gasteiger partial charge in [-0.15, -0.1) is 0 Å². The van der Waals surface area contributed by atoms with Crippen LogP contribution in [0.15, 0.2) is 18.2 Å². The van der Waals surface area contributed by atoms with Crippen molar-refractivity contribution in [3.8, 4) is 0 Å². The monoisotopic (exact) mass is 304 g/mol. The molecule has 0 saturated heterocycles. The highest BCUT2D eigenvalue weighted by atomic mass is 14.7. The van der Waals surface area contributed by atoms with Gasteiger partial charge in [-0.3, -0.25) is 0 Å². The van der Waals surface area contributed by atoms with Crippen molar-refractivity contribution in [2.75, 3.05) is 6.54 Å². The van der Waals surface area contributed by atoms with E-state index in [2.05, 4.69) is 32.0 Å². The summed E-state index contributed by atoms with van der Waals surface area (Å²) in [5.41, 5.74) is 16.1. The maximum absolute atomic E-state index is 6.19. The summed E-state index contributed by atoms with van der Waals surface area (Å²) in [7, 11) is 0. The molecule has 2 heteroatoms. The Labute approximate surface area is 137 Å². The van der Waals surface area contributed by atoms with Crippen molar-refractivity contribution in [1.29, 1.82) is 0 Å². The van der Waals surface area contributed by atoms with E-state index >= 15 is 0 Å². The highest BCUT2D eigenvalue weighted by Crippen LogP contribution is 2.21. The van der Waals surface area contributed by atoms with Crippen LogP contribution in [-0.4, -0.2) is 6.54 Å². The quantitative estimate of drug-likeness (QED) is 0.540. The van der Waals surface area contributed by atoms with Gasteiger partial charge in [-0.25, -0.2) is 0 Å². The molecule has 1 rings (SSSR count). The van der Waals surface area contributed by atoms with Gasteiger partial charge in [0.05, 0.1) is 0 Å². The van der Waals surface area contributed by atoms with E-state index in [0.717, 1.165) is 6.42 Å². The van der Waals surface area contributed by atoms with Crippen molar-refractivity contribution < 1.29 is 0 Å². The van der Waals surface area contributed by atoms with Gasteiger partial charge in [0.15, 0.2) is 0 Å². The largest absolute Gasteiger partial charge is 0.329 e. The molecular weight excluding hydrogens is 268 g/mol. The summed E-state index contributed by atoms with van der Waals surface area (Å²) in [5.74, 6) is 0. The Morgan fingerprint density at radius 2 is 1.50 bits per heavy atom. The van der Waals surface area contributed by atoms with E-state index in [0.29, 0.717) is 6.54 Å². The minimum atomic E-state index is -0.0182. The number of unbranched alkanes of at least 4 members (excludes halogenated alkanes) is 6. The zero-order chi connectivity index (χ0) is 16.2. The van der Waals surface area contributed by atoms with Crippen LogP contribution >= 0.6 is 0 Å². The van der Waals surface area contributed by atoms with Crippen LogP contribution in [-0.2, 0) is 12.8 Å². The van der Waals surface area contributed by atoms with E-state index in [1.807, 2.05) is 0 Å². The summed E-state index contributed by atoms with van der Waals surface area (Å²) in [6.07, 6.45) is 12.8. The smallest absolute Gasteiger partial charge is 0.0422 e. The number of rotatable bonds is 12. The molecule has 22 heavy (non-hydrogen) atoms. The minimum absolute atomic E-state index is 0.0182. The third kappa shape index (κ3) is 6.93. The molecule has 0 fully saturated rings. The van der Waals surface area contributed by atoms with Gasteiger partial charge in [0.1, 0.15) is 0 Å². The lowest BCUT2D eigenvalue weighted by Crippen LogP contribution is -2.22. The molecule has 4 N–H and O–H groups in total. The summed E-state index contributed by atoms with van der Waals surface area (Å²) in [6, 6.07) is 6.85. The first-order chi connectivity index (χ1) is 10.7. The molecule has 1 atom stereocenters. The van der Waals surface area contributed by atoms with Gasteiger partial charge in [-0.1, -0.05) is 70.6 Å². The fourth-order valence-corrected chi connectivity index (χ4v) is 3.02. The molecule has 0 aliphatic carbocycles. The molecular formula is C20H36N2. The van der Waals surface area contributed by atoms with Gasteiger partial charge < -0.3 is 11.5 Å². The Kier molecular flexibility index (Phi) is 10.2. The van der Waals surface area contributed by atoms with Crippen molar-refractivity contribution in [3.05, 3.63) is 34.9 Å². The second-order valence-electron chi connectivity index (χ2n) is 6.50. The molecule has 0 radical (unpaired) electrons. The van der Waals surface area contributed by atoms with Crippen LogP contribution in [0.4, 0.5) is 0 Å². The molecule has 0 spiro atoms. The predicted octanol–water partition coefficient (Wildman–Crippen LogP) is 4.89. The average Bonchev–Trinajstić information content (AvgIpc) is 2.55. The Morgan fingerprint density at radius 3 is 2.09 bits per heavy atom. The van der Waals surface area contributed by atoms with Crippen molar-refractivity contribution in [2.45, 2.75) is 84.1 Å². The van der Waals surface area contributed by atoms with E-state index in [4.69, 9.17) is 11.5 Å². The first-order valence-corrected chi connectivity index (χ1v) is 9.30. The molecule has 1 aromatic rings. The summed E-state index contributed by atoms with van der Waals surface area (Å²) in [4.78, 5) is 0. The van der Waals surface area contributed by atoms with E-state index < -0.39 is 0 Å². The van der Waals surface area contributed by atoms with Crippen LogP contribution in [0, 0.1) is 0 Å². The second-order valence-corrected chi connectivity index (χ2v) is 6.50. The molecule has 2 nitrogen and oxygen atoms in total. The highest BCUT2D eigenvalue weighted by molar-refractivity contribution is 5.34. The van der Waals surface area contributed by atoms with E-state index in [1.54, 1.807) is 0 Å². The molecule has 0 amide bonds. The topological polar surface area (TPSA) is 52.0 Å². The van der Waals surface area contributed by atoms with Crippen LogP contribution in [0.25, 0.3) is 0 Å². The van der Waals surface area contributed by atoms with E-state index in [-0.39, 0.29) is 6.04 Å². The van der Waals surface area contributed by atoms with E-state index in [9.17, 15) is 0 Å². The normalized spacial score (nSPS) is 12.5. The minimum Gasteiger partial charge on any atom is -0.329 e. The number of nitrogens with two attached hydrogens (primary N) is 2. The number of hydrogen-bond acceptors (Lipinski definition) is 2. The van der Waals surface area contributed by atoms with Gasteiger partial charge in [0.2, 0.25) is 0 Å². The lowest BCUT2D eigenvalue weighted by Gasteiger charge is -2.16. The van der Waals surface area contributed by atoms with Crippen molar-refractivity contribution in [2.24, 2.45) is 11.5 Å². The molecule has 1 unspecified atom stereocenters. The Morgan fingerprint density at radius 1 is 0.864 bits per heavy atom. The zero-order valence-electron chi connectivity index (χ0n) is 14.7. The molecule has 1 aromatic carbocycles. The SMILES string of the molecule is CCCCCCc1ccc(C(N)CN)c(CCCCCC)c1. The fourth-order valence-electron chi connectivity index (χ4n) is 3.02. The van der Waals surface area contributed by atoms with Gasteiger partial charge >= 0.3 is 0 Å². The maximum Gasteiger partial charge on any atom is 0.0422 e. The third-order valence-electron chi connectivity index (χ3n) is 4.48. The first-order valence-electron chi connectivity index (χ1n) is 9.30. The Balaban J connectivity index is 2.68. The average molecular weight is 305 g/mol. The van der Waals surface area contributed by atoms with Crippen LogP contribution in [0.3, 0.4) is 0 Å². The van der Waals surface area contributed by atoms with Crippen molar-refractivity contribution in [1.82, 2.24) is 0 Å². The van der Waals surface area contributed by atoms with Crippen LogP contribution in [0.5, 0.6) is 0 Å². The lowest BCUT2D eigenvalue weighted by atomic mass is 9.93. The van der Waals surface area contributed by atoms with Crippen LogP contribution in [0.2, 0.25) is 0 Å². The third-order valence-corrected chi connectivity index (χ3v) is 4.48. The molecule has 0 bridgehead atoms. The highest BCUT2D eigenvalue weighted by Gasteiger charge is 2.10. The van der Waals surface area contributed by atoms with Crippen molar-refractivity contribution >= 4 is 0 Å². The lowest BCUT2D eigenvalue weighted by molar-refractivity contribution is 0.651. The number of aryl methyl sites for hydroxylation is 2. The zero-order valence-corrected chi connectivity index (χ0v) is 14.7. The summed E-state index contributed by atoms with van der Waals surface area (Å²) in [5, 5.41) is 0. The predicted molar refractivity (Wildman–Crippen MR) is 98.1 cm³/mol. The Hall–Kier alpha value is -0.860. The molecule has 126 valence electrons. The van der Waals surface area contributed by atoms with Crippen molar-refractivity contribution in [3.63, 3.8) is 0 Å². The summed E-state index contributed by atoms with van der Waals surface area (Å²) in [6.45, 7) is 5.04. The van der Waals surface area contributed by atoms with E-state index in [1.165, 1.54) is 74.5 Å². The molecule has 0 aliphatic rings. The van der Waals surface area contributed by atoms with Crippen LogP contribution < -0.4 is 11.5 Å². The summed E-state index contributed by atoms with van der Waals surface area (Å²) >= 11 is 0. The molecule has 0 aliphatic heterocycles. The Bertz CT molecular complexity index is 401. The van der Waals surface area contributed by atoms with Gasteiger partial charge in [0.25, 0.3) is 0 Å². The van der Waals surface area contributed by atoms with Crippen LogP contribution in [0.1, 0.15) is 87.9 Å². The number of hydrogen-bond donors (Lipinski definition) is 2. The second kappa shape index (κ2) is 11.7. The van der Waals surface area contributed by atoms with Gasteiger partial charge in [-0.2, -0.15) is 0 Å². The van der Waals surface area contributed by atoms with Gasteiger partial charge in [0, 0.05) is 12.6 Å². The molecule has 0 saturated carbocycles. The number of benzene rings is 1. The standard InChI is InChI=1S/C20H36N2/c1-3-5-7-9-11-17-13-14-19(20(22)16-21)18(15-17)12-10-8-6-4-2/h13-15,20H,3-12,16,21-22H2,1-2H3. The maximum atomic E-state index is 6.19. The fraction of sp³-hybridized carbons (Fsp3) is 0.700.